The molecule has 3 fully saturated rings. The van der Waals surface area contributed by atoms with Crippen molar-refractivity contribution in [2.75, 3.05) is 24.6 Å². The van der Waals surface area contributed by atoms with Gasteiger partial charge in [0.05, 0.1) is 0 Å². The third-order valence-corrected chi connectivity index (χ3v) is 10.6. The standard InChI is InChI=1S/C23H28F2N6O2SSe/c1-13-17(32)23(12-33-13)5-7-30(8-6-23)15-9-14(34-29-22(2)3-4-22)11-31-16(15)10-26-19(31)21-28-27-20(35-21)18(24)25/h9-11,13,17-18,29,32H,3-8,12H2,1-2H3/t13-,17?/m0/s1. The summed E-state index contributed by atoms with van der Waals surface area (Å²) in [6.07, 6.45) is 4.63. The second kappa shape index (κ2) is 8.78. The first-order chi connectivity index (χ1) is 16.8. The molecule has 2 atom stereocenters. The van der Waals surface area contributed by atoms with E-state index in [0.29, 0.717) is 17.0 Å². The molecule has 0 aromatic carbocycles. The molecule has 1 aliphatic carbocycles. The number of rotatable bonds is 6. The van der Waals surface area contributed by atoms with Crippen LogP contribution in [0, 0.1) is 5.41 Å². The average Bonchev–Trinajstić information content (AvgIpc) is 3.19. The van der Waals surface area contributed by atoms with Crippen molar-refractivity contribution in [3.63, 3.8) is 0 Å². The Morgan fingerprint density at radius 1 is 1.26 bits per heavy atom. The Morgan fingerprint density at radius 2 is 2.03 bits per heavy atom. The molecule has 5 heterocycles. The van der Waals surface area contributed by atoms with Gasteiger partial charge in [-0.1, -0.05) is 0 Å². The van der Waals surface area contributed by atoms with Crippen molar-refractivity contribution in [3.05, 3.63) is 23.0 Å². The predicted molar refractivity (Wildman–Crippen MR) is 130 cm³/mol. The van der Waals surface area contributed by atoms with Crippen LogP contribution in [0.3, 0.4) is 0 Å². The average molecular weight is 570 g/mol. The van der Waals surface area contributed by atoms with Crippen molar-refractivity contribution >= 4 is 37.7 Å². The number of pyridine rings is 1. The zero-order chi connectivity index (χ0) is 24.4. The molecular formula is C23H28F2N6O2SSe. The number of aliphatic hydroxyl groups excluding tert-OH is 1. The number of hydrogen-bond donors (Lipinski definition) is 2. The second-order valence-corrected chi connectivity index (χ2v) is 13.2. The molecule has 35 heavy (non-hydrogen) atoms. The Morgan fingerprint density at radius 3 is 2.66 bits per heavy atom. The van der Waals surface area contributed by atoms with E-state index >= 15 is 0 Å². The first kappa shape index (κ1) is 23.8. The van der Waals surface area contributed by atoms with Gasteiger partial charge in [0.1, 0.15) is 0 Å². The first-order valence-electron chi connectivity index (χ1n) is 11.9. The number of piperidine rings is 1. The number of aliphatic hydroxyl groups is 1. The van der Waals surface area contributed by atoms with Gasteiger partial charge >= 0.3 is 213 Å². The molecule has 6 rings (SSSR count). The van der Waals surface area contributed by atoms with Crippen molar-refractivity contribution in [1.82, 2.24) is 24.3 Å². The van der Waals surface area contributed by atoms with E-state index in [1.165, 1.54) is 0 Å². The number of aromatic nitrogens is 4. The molecule has 0 amide bonds. The van der Waals surface area contributed by atoms with Crippen molar-refractivity contribution in [2.24, 2.45) is 5.41 Å². The van der Waals surface area contributed by atoms with E-state index in [-0.39, 0.29) is 21.6 Å². The van der Waals surface area contributed by atoms with Crippen LogP contribution >= 0.6 is 11.9 Å². The number of nitrogens with one attached hydrogen (secondary N) is 1. The summed E-state index contributed by atoms with van der Waals surface area (Å²) in [7, 11) is 0. The fraction of sp³-hybridized carbons (Fsp3) is 0.609. The molecule has 1 saturated carbocycles. The van der Waals surface area contributed by atoms with Gasteiger partial charge in [-0.05, 0) is 0 Å². The van der Waals surface area contributed by atoms with Gasteiger partial charge in [0.2, 0.25) is 0 Å². The molecule has 3 aromatic rings. The fourth-order valence-electron chi connectivity index (χ4n) is 5.01. The Hall–Kier alpha value is -1.56. The third kappa shape index (κ3) is 4.32. The van der Waals surface area contributed by atoms with Gasteiger partial charge in [-0.2, -0.15) is 0 Å². The topological polar surface area (TPSA) is 87.8 Å². The molecule has 3 aliphatic rings. The summed E-state index contributed by atoms with van der Waals surface area (Å²) in [4.78, 5) is 7.96. The van der Waals surface area contributed by atoms with E-state index in [9.17, 15) is 13.9 Å². The van der Waals surface area contributed by atoms with Crippen LogP contribution < -0.4 is 9.62 Å². The van der Waals surface area contributed by atoms with E-state index in [4.69, 9.17) is 4.74 Å². The van der Waals surface area contributed by atoms with Crippen LogP contribution in [-0.4, -0.2) is 76.6 Å². The first-order valence-corrected chi connectivity index (χ1v) is 14.4. The predicted octanol–water partition coefficient (Wildman–Crippen LogP) is 3.30. The van der Waals surface area contributed by atoms with Crippen LogP contribution in [-0.2, 0) is 4.74 Å². The summed E-state index contributed by atoms with van der Waals surface area (Å²) in [5.74, 6) is 0.572. The maximum absolute atomic E-state index is 13.2. The molecule has 2 saturated heterocycles. The van der Waals surface area contributed by atoms with Crippen molar-refractivity contribution in [2.45, 2.75) is 68.6 Å². The Labute approximate surface area is 212 Å². The molecule has 2 aliphatic heterocycles. The van der Waals surface area contributed by atoms with Gasteiger partial charge in [-0.25, -0.2) is 0 Å². The van der Waals surface area contributed by atoms with Crippen LogP contribution in [0.15, 0.2) is 23.4 Å². The second-order valence-electron chi connectivity index (χ2n) is 10.2. The molecule has 12 heteroatoms. The molecule has 1 spiro atoms. The summed E-state index contributed by atoms with van der Waals surface area (Å²) in [5.41, 5.74) is 1.94. The Bertz CT molecular complexity index is 1240. The third-order valence-electron chi connectivity index (χ3n) is 7.63. The Kier molecular flexibility index (Phi) is 5.97. The summed E-state index contributed by atoms with van der Waals surface area (Å²) in [5, 5.41) is 18.5. The van der Waals surface area contributed by atoms with Gasteiger partial charge < -0.3 is 0 Å². The summed E-state index contributed by atoms with van der Waals surface area (Å²) < 4.78 is 38.0. The molecule has 3 aromatic heterocycles. The molecule has 0 radical (unpaired) electrons. The number of alkyl halides is 2. The van der Waals surface area contributed by atoms with E-state index < -0.39 is 27.0 Å². The monoisotopic (exact) mass is 570 g/mol. The zero-order valence-electron chi connectivity index (χ0n) is 19.6. The number of fused-ring (bicyclic) bond motifs is 1. The van der Waals surface area contributed by atoms with Crippen LogP contribution in [0.5, 0.6) is 0 Å². The fourth-order valence-corrected chi connectivity index (χ4v) is 7.36. The quantitative estimate of drug-likeness (QED) is 0.346. The molecule has 1 unspecified atom stereocenters. The molecule has 0 bridgehead atoms. The maximum atomic E-state index is 13.2. The minimum atomic E-state index is -2.59. The summed E-state index contributed by atoms with van der Waals surface area (Å²) in [6.45, 7) is 6.34. The zero-order valence-corrected chi connectivity index (χ0v) is 22.1. The number of ether oxygens (including phenoxy) is 1. The molecule has 8 nitrogen and oxygen atoms in total. The minimum absolute atomic E-state index is 0.130. The molecular weight excluding hydrogens is 541 g/mol. The number of hydrogen-bond acceptors (Lipinski definition) is 8. The van der Waals surface area contributed by atoms with Gasteiger partial charge in [0, 0.05) is 0 Å². The van der Waals surface area contributed by atoms with Gasteiger partial charge in [0.15, 0.2) is 0 Å². The van der Waals surface area contributed by atoms with Crippen LogP contribution in [0.1, 0.15) is 50.5 Å². The van der Waals surface area contributed by atoms with Crippen LogP contribution in [0.25, 0.3) is 15.9 Å². The number of halogens is 2. The van der Waals surface area contributed by atoms with Crippen LogP contribution in [0.4, 0.5) is 14.5 Å². The van der Waals surface area contributed by atoms with E-state index in [1.807, 2.05) is 17.5 Å². The van der Waals surface area contributed by atoms with Gasteiger partial charge in [-0.15, -0.1) is 0 Å². The molecule has 188 valence electrons. The Balaban J connectivity index is 1.34. The van der Waals surface area contributed by atoms with E-state index in [0.717, 1.165) is 54.9 Å². The number of nitrogens with zero attached hydrogens (tertiary/aromatic N) is 5. The van der Waals surface area contributed by atoms with Gasteiger partial charge in [-0.3, -0.25) is 0 Å². The number of anilines is 1. The van der Waals surface area contributed by atoms with Gasteiger partial charge in [0.25, 0.3) is 0 Å². The SMILES string of the molecule is C[C@@H]1OCC2(CCN(c3cc(SNC4(C)CC4)cn4c(-c5nnc(C(F)F)[se]5)ncc34)CC2)C1O. The van der Waals surface area contributed by atoms with E-state index in [2.05, 4.69) is 37.8 Å². The number of imidazole rings is 1. The summed E-state index contributed by atoms with van der Waals surface area (Å²) >= 11 is 0.946. The molecule has 2 N–H and O–H groups in total. The van der Waals surface area contributed by atoms with E-state index in [1.54, 1.807) is 18.1 Å². The normalized spacial score (nSPS) is 25.3. The van der Waals surface area contributed by atoms with Crippen molar-refractivity contribution < 1.29 is 18.6 Å². The van der Waals surface area contributed by atoms with Crippen molar-refractivity contribution in [3.8, 4) is 10.4 Å². The van der Waals surface area contributed by atoms with Crippen molar-refractivity contribution in [1.29, 1.82) is 0 Å². The van der Waals surface area contributed by atoms with Crippen LogP contribution in [0.2, 0.25) is 0 Å². The summed E-state index contributed by atoms with van der Waals surface area (Å²) in [6, 6.07) is 2.18.